The van der Waals surface area contributed by atoms with Crippen molar-refractivity contribution in [3.8, 4) is 0 Å². The van der Waals surface area contributed by atoms with Gasteiger partial charge in [0.25, 0.3) is 5.91 Å². The second kappa shape index (κ2) is 5.47. The van der Waals surface area contributed by atoms with Crippen LogP contribution < -0.4 is 15.1 Å². The molecule has 3 aromatic rings. The molecule has 2 heterocycles. The summed E-state index contributed by atoms with van der Waals surface area (Å²) in [6.07, 6.45) is -0.186. The number of hydrogen-bond acceptors (Lipinski definition) is 4. The minimum Gasteiger partial charge on any atom is -0.395 e. The van der Waals surface area contributed by atoms with E-state index >= 15 is 0 Å². The van der Waals surface area contributed by atoms with Crippen molar-refractivity contribution in [2.75, 3.05) is 35.3 Å². The number of amides is 1. The van der Waals surface area contributed by atoms with E-state index in [1.807, 2.05) is 59.3 Å². The van der Waals surface area contributed by atoms with Gasteiger partial charge < -0.3 is 15.3 Å². The number of fused-ring (bicyclic) bond motifs is 4. The Morgan fingerprint density at radius 1 is 1.12 bits per heavy atom. The first-order chi connectivity index (χ1) is 12.7. The highest BCUT2D eigenvalue weighted by Gasteiger charge is 2.40. The lowest BCUT2D eigenvalue weighted by molar-refractivity contribution is 0.0980. The predicted octanol–water partition coefficient (Wildman–Crippen LogP) is 3.35. The zero-order valence-electron chi connectivity index (χ0n) is 14.4. The van der Waals surface area contributed by atoms with Gasteiger partial charge in [0.15, 0.2) is 0 Å². The van der Waals surface area contributed by atoms with Crippen LogP contribution in [0.1, 0.15) is 22.1 Å². The van der Waals surface area contributed by atoms with Crippen molar-refractivity contribution in [3.63, 3.8) is 0 Å². The maximum Gasteiger partial charge on any atom is 0.260 e. The van der Waals surface area contributed by atoms with Crippen molar-refractivity contribution < 1.29 is 9.90 Å². The van der Waals surface area contributed by atoms with Crippen molar-refractivity contribution in [2.45, 2.75) is 6.17 Å². The Morgan fingerprint density at radius 3 is 2.81 bits per heavy atom. The first-order valence-corrected chi connectivity index (χ1v) is 8.77. The molecule has 130 valence electrons. The number of aliphatic hydroxyl groups excluding tert-OH is 1. The van der Waals surface area contributed by atoms with E-state index in [1.165, 1.54) is 0 Å². The summed E-state index contributed by atoms with van der Waals surface area (Å²) in [6, 6.07) is 18.0. The first kappa shape index (κ1) is 15.2. The number of carbonyl (C=O) groups is 1. The third kappa shape index (κ3) is 1.92. The largest absolute Gasteiger partial charge is 0.395 e. The molecular weight excluding hydrogens is 326 g/mol. The zero-order chi connectivity index (χ0) is 17.8. The van der Waals surface area contributed by atoms with Gasteiger partial charge in [-0.1, -0.05) is 30.3 Å². The van der Waals surface area contributed by atoms with Gasteiger partial charge in [-0.15, -0.1) is 0 Å². The number of carbonyl (C=O) groups excluding carboxylic acids is 1. The summed E-state index contributed by atoms with van der Waals surface area (Å²) in [5.74, 6) is 0.0208. The van der Waals surface area contributed by atoms with Gasteiger partial charge in [0.1, 0.15) is 6.17 Å². The van der Waals surface area contributed by atoms with Gasteiger partial charge in [-0.3, -0.25) is 9.69 Å². The second-order valence-electron chi connectivity index (χ2n) is 6.79. The molecule has 2 aliphatic rings. The smallest absolute Gasteiger partial charge is 0.260 e. The molecule has 5 nitrogen and oxygen atoms in total. The van der Waals surface area contributed by atoms with Crippen LogP contribution in [0.15, 0.2) is 54.6 Å². The predicted molar refractivity (Wildman–Crippen MR) is 104 cm³/mol. The SMILES string of the molecule is CN(CCO)c1ccc2c3c(cccc13)[C@H]1Nc3ccccc3N1C2=O. The van der Waals surface area contributed by atoms with E-state index in [0.29, 0.717) is 6.54 Å². The van der Waals surface area contributed by atoms with Crippen molar-refractivity contribution >= 4 is 33.7 Å². The summed E-state index contributed by atoms with van der Waals surface area (Å²) in [5.41, 5.74) is 4.76. The Balaban J connectivity index is 1.75. The maximum absolute atomic E-state index is 13.3. The van der Waals surface area contributed by atoms with E-state index in [0.717, 1.165) is 39.0 Å². The molecule has 0 radical (unpaired) electrons. The van der Waals surface area contributed by atoms with Crippen LogP contribution in [-0.2, 0) is 0 Å². The number of para-hydroxylation sites is 2. The Kier molecular flexibility index (Phi) is 3.21. The van der Waals surface area contributed by atoms with E-state index in [4.69, 9.17) is 0 Å². The highest BCUT2D eigenvalue weighted by Crippen LogP contribution is 2.48. The molecule has 3 aromatic carbocycles. The molecule has 1 atom stereocenters. The molecule has 0 saturated carbocycles. The van der Waals surface area contributed by atoms with Gasteiger partial charge >= 0.3 is 0 Å². The van der Waals surface area contributed by atoms with Crippen LogP contribution in [0, 0.1) is 0 Å². The van der Waals surface area contributed by atoms with Crippen LogP contribution in [0.4, 0.5) is 17.1 Å². The van der Waals surface area contributed by atoms with Gasteiger partial charge in [-0.05, 0) is 24.3 Å². The maximum atomic E-state index is 13.3. The molecule has 0 unspecified atom stereocenters. The number of anilines is 3. The van der Waals surface area contributed by atoms with Crippen molar-refractivity contribution in [2.24, 2.45) is 0 Å². The van der Waals surface area contributed by atoms with E-state index in [1.54, 1.807) is 0 Å². The molecule has 0 bridgehead atoms. The minimum absolute atomic E-state index is 0.0208. The van der Waals surface area contributed by atoms with Crippen LogP contribution >= 0.6 is 0 Å². The number of likely N-dealkylation sites (N-methyl/N-ethyl adjacent to an activating group) is 1. The monoisotopic (exact) mass is 345 g/mol. The molecule has 26 heavy (non-hydrogen) atoms. The van der Waals surface area contributed by atoms with Gasteiger partial charge in [-0.25, -0.2) is 0 Å². The minimum atomic E-state index is -0.186. The van der Waals surface area contributed by atoms with Gasteiger partial charge in [0, 0.05) is 41.2 Å². The quantitative estimate of drug-likeness (QED) is 0.764. The molecular formula is C21H19N3O2. The van der Waals surface area contributed by atoms with E-state index in [2.05, 4.69) is 17.4 Å². The van der Waals surface area contributed by atoms with Crippen LogP contribution in [0.5, 0.6) is 0 Å². The number of hydrogen-bond donors (Lipinski definition) is 2. The highest BCUT2D eigenvalue weighted by molar-refractivity contribution is 6.21. The number of nitrogens with zero attached hydrogens (tertiary/aromatic N) is 2. The molecule has 0 aromatic heterocycles. The van der Waals surface area contributed by atoms with Crippen molar-refractivity contribution in [1.29, 1.82) is 0 Å². The normalized spacial score (nSPS) is 17.1. The lowest BCUT2D eigenvalue weighted by Gasteiger charge is -2.33. The van der Waals surface area contributed by atoms with Gasteiger partial charge in [-0.2, -0.15) is 0 Å². The third-order valence-electron chi connectivity index (χ3n) is 5.35. The molecule has 5 heteroatoms. The molecule has 5 rings (SSSR count). The lowest BCUT2D eigenvalue weighted by atomic mass is 9.91. The van der Waals surface area contributed by atoms with Crippen LogP contribution in [0.25, 0.3) is 10.8 Å². The van der Waals surface area contributed by atoms with Gasteiger partial charge in [0.05, 0.1) is 18.0 Å². The summed E-state index contributed by atoms with van der Waals surface area (Å²) in [5, 5.41) is 14.8. The third-order valence-corrected chi connectivity index (χ3v) is 5.35. The topological polar surface area (TPSA) is 55.8 Å². The highest BCUT2D eigenvalue weighted by atomic mass is 16.3. The molecule has 0 fully saturated rings. The summed E-state index contributed by atoms with van der Waals surface area (Å²) in [7, 11) is 1.96. The summed E-state index contributed by atoms with van der Waals surface area (Å²) >= 11 is 0. The Morgan fingerprint density at radius 2 is 1.96 bits per heavy atom. The Labute approximate surface area is 151 Å². The summed E-state index contributed by atoms with van der Waals surface area (Å²) < 4.78 is 0. The van der Waals surface area contributed by atoms with Crippen LogP contribution in [0.2, 0.25) is 0 Å². The molecule has 2 N–H and O–H groups in total. The number of benzene rings is 3. The number of nitrogens with one attached hydrogen (secondary N) is 1. The molecule has 0 aliphatic carbocycles. The van der Waals surface area contributed by atoms with Crippen molar-refractivity contribution in [1.82, 2.24) is 0 Å². The molecule has 2 aliphatic heterocycles. The van der Waals surface area contributed by atoms with Crippen molar-refractivity contribution in [3.05, 3.63) is 65.7 Å². The first-order valence-electron chi connectivity index (χ1n) is 8.77. The van der Waals surface area contributed by atoms with E-state index < -0.39 is 0 Å². The van der Waals surface area contributed by atoms with E-state index in [-0.39, 0.29) is 18.7 Å². The van der Waals surface area contributed by atoms with Crippen LogP contribution in [0.3, 0.4) is 0 Å². The fourth-order valence-corrected chi connectivity index (χ4v) is 4.16. The lowest BCUT2D eigenvalue weighted by Crippen LogP contribution is -2.38. The average Bonchev–Trinajstić information content (AvgIpc) is 3.05. The summed E-state index contributed by atoms with van der Waals surface area (Å²) in [6.45, 7) is 0.636. The fraction of sp³-hybridized carbons (Fsp3) is 0.190. The second-order valence-corrected chi connectivity index (χ2v) is 6.79. The standard InChI is InChI=1S/C21H19N3O2/c1-23(11-12-25)17-10-9-15-19-13(17)5-4-6-14(19)20-22-16-7-2-3-8-18(16)24(20)21(15)26/h2-10,20,22,25H,11-12H2,1H3/t20-/m0/s1. The summed E-state index contributed by atoms with van der Waals surface area (Å²) in [4.78, 5) is 17.2. The Bertz CT molecular complexity index is 1050. The number of rotatable bonds is 3. The zero-order valence-corrected chi connectivity index (χ0v) is 14.4. The number of aliphatic hydroxyl groups is 1. The Hall–Kier alpha value is -3.05. The molecule has 0 spiro atoms. The van der Waals surface area contributed by atoms with Gasteiger partial charge in [0.2, 0.25) is 0 Å². The fourth-order valence-electron chi connectivity index (χ4n) is 4.16. The molecule has 0 saturated heterocycles. The molecule has 1 amide bonds. The van der Waals surface area contributed by atoms with E-state index in [9.17, 15) is 9.90 Å². The van der Waals surface area contributed by atoms with Crippen LogP contribution in [-0.4, -0.2) is 31.2 Å². The average molecular weight is 345 g/mol.